The summed E-state index contributed by atoms with van der Waals surface area (Å²) in [5.41, 5.74) is 2.13. The molecule has 6 heteroatoms. The van der Waals surface area contributed by atoms with E-state index in [1.165, 1.54) is 10.5 Å². The van der Waals surface area contributed by atoms with Gasteiger partial charge in [-0.05, 0) is 47.0 Å². The van der Waals surface area contributed by atoms with Crippen LogP contribution in [0, 0.1) is 0 Å². The quantitative estimate of drug-likeness (QED) is 0.593. The fourth-order valence-corrected chi connectivity index (χ4v) is 3.69. The number of rotatable bonds is 6. The topological polar surface area (TPSA) is 46.6 Å². The molecule has 0 N–H and O–H groups in total. The molecule has 1 heterocycles. The van der Waals surface area contributed by atoms with Gasteiger partial charge in [-0.15, -0.1) is 0 Å². The van der Waals surface area contributed by atoms with Gasteiger partial charge in [-0.25, -0.2) is 0 Å². The Kier molecular flexibility index (Phi) is 6.24. The minimum Gasteiger partial charge on any atom is -0.490 e. The van der Waals surface area contributed by atoms with Crippen molar-refractivity contribution in [3.05, 3.63) is 69.6 Å². The van der Waals surface area contributed by atoms with E-state index in [9.17, 15) is 9.59 Å². The average molecular weight is 402 g/mol. The van der Waals surface area contributed by atoms with Gasteiger partial charge in [0, 0.05) is 0 Å². The Labute approximate surface area is 168 Å². The normalized spacial score (nSPS) is 15.9. The van der Waals surface area contributed by atoms with Crippen LogP contribution in [0.25, 0.3) is 6.08 Å². The number of nitrogens with zero attached hydrogens (tertiary/aromatic N) is 1. The van der Waals surface area contributed by atoms with Gasteiger partial charge in [-0.3, -0.25) is 14.5 Å². The van der Waals surface area contributed by atoms with Crippen LogP contribution in [-0.2, 0) is 4.79 Å². The van der Waals surface area contributed by atoms with Crippen LogP contribution in [0.15, 0.2) is 53.4 Å². The molecule has 1 aliphatic rings. The Morgan fingerprint density at radius 1 is 1.11 bits per heavy atom. The summed E-state index contributed by atoms with van der Waals surface area (Å²) in [5.74, 6) is 0.692. The second-order valence-electron chi connectivity index (χ2n) is 6.43. The van der Waals surface area contributed by atoms with E-state index in [0.29, 0.717) is 21.6 Å². The Balaban J connectivity index is 1.63. The predicted octanol–water partition coefficient (Wildman–Crippen LogP) is 5.58. The van der Waals surface area contributed by atoms with Crippen molar-refractivity contribution in [3.8, 4) is 5.75 Å². The van der Waals surface area contributed by atoms with Crippen molar-refractivity contribution in [2.24, 2.45) is 0 Å². The van der Waals surface area contributed by atoms with Crippen molar-refractivity contribution in [1.82, 2.24) is 4.90 Å². The van der Waals surface area contributed by atoms with Gasteiger partial charge in [0.25, 0.3) is 11.1 Å². The van der Waals surface area contributed by atoms with E-state index in [4.69, 9.17) is 16.3 Å². The number of benzene rings is 2. The maximum absolute atomic E-state index is 12.5. The number of hydrogen-bond acceptors (Lipinski definition) is 4. The van der Waals surface area contributed by atoms with Crippen molar-refractivity contribution in [2.75, 3.05) is 13.2 Å². The summed E-state index contributed by atoms with van der Waals surface area (Å²) in [6.07, 6.45) is 1.75. The molecule has 2 amide bonds. The van der Waals surface area contributed by atoms with Crippen molar-refractivity contribution < 1.29 is 14.3 Å². The van der Waals surface area contributed by atoms with Crippen LogP contribution in [0.3, 0.4) is 0 Å². The Morgan fingerprint density at radius 2 is 1.81 bits per heavy atom. The molecule has 0 saturated carbocycles. The van der Waals surface area contributed by atoms with Gasteiger partial charge < -0.3 is 4.74 Å². The molecular weight excluding hydrogens is 382 g/mol. The molecule has 0 radical (unpaired) electrons. The molecule has 0 bridgehead atoms. The van der Waals surface area contributed by atoms with Gasteiger partial charge >= 0.3 is 0 Å². The Morgan fingerprint density at radius 3 is 2.48 bits per heavy atom. The molecule has 4 nitrogen and oxygen atoms in total. The summed E-state index contributed by atoms with van der Waals surface area (Å²) in [6.45, 7) is 4.63. The second-order valence-corrected chi connectivity index (χ2v) is 7.83. The summed E-state index contributed by atoms with van der Waals surface area (Å²) in [7, 11) is 0. The Hall–Kier alpha value is -2.24. The van der Waals surface area contributed by atoms with Gasteiger partial charge in [0.05, 0.1) is 16.5 Å². The fraction of sp³-hybridized carbons (Fsp3) is 0.238. The largest absolute Gasteiger partial charge is 0.490 e. The molecule has 0 aliphatic carbocycles. The third kappa shape index (κ3) is 4.73. The number of halogens is 1. The van der Waals surface area contributed by atoms with Gasteiger partial charge in [0.2, 0.25) is 0 Å². The summed E-state index contributed by atoms with van der Waals surface area (Å²) in [6, 6.07) is 15.1. The minimum absolute atomic E-state index is 0.180. The molecule has 140 valence electrons. The number of ether oxygens (including phenoxy) is 1. The summed E-state index contributed by atoms with van der Waals surface area (Å²) in [4.78, 5) is 26.4. The van der Waals surface area contributed by atoms with Crippen LogP contribution in [-0.4, -0.2) is 29.2 Å². The highest BCUT2D eigenvalue weighted by Gasteiger charge is 2.34. The molecule has 1 saturated heterocycles. The summed E-state index contributed by atoms with van der Waals surface area (Å²) in [5, 5.41) is 0.212. The number of imide groups is 1. The lowest BCUT2D eigenvalue weighted by Gasteiger charge is -2.13. The first-order chi connectivity index (χ1) is 13.0. The molecule has 2 aromatic carbocycles. The first-order valence-corrected chi connectivity index (χ1v) is 9.88. The predicted molar refractivity (Wildman–Crippen MR) is 110 cm³/mol. The first kappa shape index (κ1) is 19.5. The van der Waals surface area contributed by atoms with Gasteiger partial charge in [-0.1, -0.05) is 61.8 Å². The number of carbonyl (C=O) groups is 2. The van der Waals surface area contributed by atoms with E-state index >= 15 is 0 Å². The lowest BCUT2D eigenvalue weighted by atomic mass is 10.0. The number of amides is 2. The standard InChI is InChI=1S/C21H20ClNO3S/c1-14(2)16-9-7-15(8-10-16)13-19-20(24)23(21(25)27-19)11-12-26-18-6-4-3-5-17(18)22/h3-10,13-14H,11-12H2,1-2H3/b19-13-. The molecule has 0 atom stereocenters. The Bertz CT molecular complexity index is 877. The average Bonchev–Trinajstić information content (AvgIpc) is 2.91. The summed E-state index contributed by atoms with van der Waals surface area (Å²) >= 11 is 6.99. The van der Waals surface area contributed by atoms with Crippen LogP contribution >= 0.6 is 23.4 Å². The van der Waals surface area contributed by atoms with Crippen LogP contribution in [0.2, 0.25) is 5.02 Å². The van der Waals surface area contributed by atoms with Crippen LogP contribution in [0.1, 0.15) is 30.9 Å². The van der Waals surface area contributed by atoms with E-state index in [2.05, 4.69) is 13.8 Å². The molecular formula is C21H20ClNO3S. The molecule has 2 aromatic rings. The third-order valence-electron chi connectivity index (χ3n) is 4.18. The fourth-order valence-electron chi connectivity index (χ4n) is 2.63. The molecule has 0 unspecified atom stereocenters. The van der Waals surface area contributed by atoms with E-state index in [1.807, 2.05) is 36.4 Å². The van der Waals surface area contributed by atoms with Crippen molar-refractivity contribution >= 4 is 40.6 Å². The molecule has 27 heavy (non-hydrogen) atoms. The lowest BCUT2D eigenvalue weighted by Crippen LogP contribution is -2.32. The zero-order chi connectivity index (χ0) is 19.4. The monoisotopic (exact) mass is 401 g/mol. The zero-order valence-corrected chi connectivity index (χ0v) is 16.7. The minimum atomic E-state index is -0.291. The van der Waals surface area contributed by atoms with E-state index in [0.717, 1.165) is 17.3 Å². The summed E-state index contributed by atoms with van der Waals surface area (Å²) < 4.78 is 5.58. The lowest BCUT2D eigenvalue weighted by molar-refractivity contribution is -0.123. The van der Waals surface area contributed by atoms with E-state index in [-0.39, 0.29) is 24.3 Å². The van der Waals surface area contributed by atoms with Gasteiger partial charge in [0.1, 0.15) is 12.4 Å². The second kappa shape index (κ2) is 8.63. The molecule has 0 spiro atoms. The SMILES string of the molecule is CC(C)c1ccc(/C=C2\SC(=O)N(CCOc3ccccc3Cl)C2=O)cc1. The molecule has 3 rings (SSSR count). The van der Waals surface area contributed by atoms with Gasteiger partial charge in [0.15, 0.2) is 0 Å². The number of carbonyl (C=O) groups excluding carboxylic acids is 2. The molecule has 1 aliphatic heterocycles. The highest BCUT2D eigenvalue weighted by atomic mass is 35.5. The van der Waals surface area contributed by atoms with Gasteiger partial charge in [-0.2, -0.15) is 0 Å². The third-order valence-corrected chi connectivity index (χ3v) is 5.40. The van der Waals surface area contributed by atoms with Crippen LogP contribution < -0.4 is 4.74 Å². The smallest absolute Gasteiger partial charge is 0.293 e. The van der Waals surface area contributed by atoms with Crippen LogP contribution in [0.5, 0.6) is 5.75 Å². The van der Waals surface area contributed by atoms with Crippen molar-refractivity contribution in [3.63, 3.8) is 0 Å². The highest BCUT2D eigenvalue weighted by Crippen LogP contribution is 2.32. The van der Waals surface area contributed by atoms with Crippen molar-refractivity contribution in [1.29, 1.82) is 0 Å². The maximum Gasteiger partial charge on any atom is 0.293 e. The highest BCUT2D eigenvalue weighted by molar-refractivity contribution is 8.18. The first-order valence-electron chi connectivity index (χ1n) is 8.68. The number of hydrogen-bond donors (Lipinski definition) is 0. The van der Waals surface area contributed by atoms with Crippen molar-refractivity contribution in [2.45, 2.75) is 19.8 Å². The zero-order valence-electron chi connectivity index (χ0n) is 15.1. The number of thioether (sulfide) groups is 1. The van der Waals surface area contributed by atoms with Crippen LogP contribution in [0.4, 0.5) is 4.79 Å². The molecule has 0 aromatic heterocycles. The molecule has 1 fully saturated rings. The van der Waals surface area contributed by atoms with E-state index in [1.54, 1.807) is 18.2 Å². The maximum atomic E-state index is 12.5. The van der Waals surface area contributed by atoms with E-state index < -0.39 is 0 Å². The number of para-hydroxylation sites is 1.